The van der Waals surface area contributed by atoms with Crippen LogP contribution in [0.2, 0.25) is 0 Å². The van der Waals surface area contributed by atoms with Crippen LogP contribution in [-0.4, -0.2) is 44.0 Å². The first-order valence-corrected chi connectivity index (χ1v) is 4.45. The first-order chi connectivity index (χ1) is 6.49. The van der Waals surface area contributed by atoms with Crippen LogP contribution in [0, 0.1) is 0 Å². The van der Waals surface area contributed by atoms with Gasteiger partial charge in [0.2, 0.25) is 0 Å². The van der Waals surface area contributed by atoms with Crippen molar-refractivity contribution >= 4 is 5.97 Å². The fourth-order valence-corrected chi connectivity index (χ4v) is 1.25. The lowest BCUT2D eigenvalue weighted by Crippen LogP contribution is -2.05. The van der Waals surface area contributed by atoms with Crippen molar-refractivity contribution in [2.45, 2.75) is 6.42 Å². The average Bonchev–Trinajstić information content (AvgIpc) is 2.28. The lowest BCUT2D eigenvalue weighted by atomic mass is 10.2. The van der Waals surface area contributed by atoms with Gasteiger partial charge in [-0.3, -0.25) is 0 Å². The number of allylic oxidation sites excluding steroid dienone is 1. The Bertz CT molecular complexity index is 290. The second kappa shape index (κ2) is 4.17. The van der Waals surface area contributed by atoms with Crippen molar-refractivity contribution in [2.24, 2.45) is 0 Å². The summed E-state index contributed by atoms with van der Waals surface area (Å²) in [6, 6.07) is 0. The number of nitrogens with zero attached hydrogens (tertiary/aromatic N) is 2. The maximum absolute atomic E-state index is 11.3. The Labute approximate surface area is 84.4 Å². The highest BCUT2D eigenvalue weighted by Gasteiger charge is 2.24. The van der Waals surface area contributed by atoms with E-state index >= 15 is 0 Å². The SMILES string of the molecule is CN(C)C=C1CC(=CN(C)C)C(=O)O1. The Morgan fingerprint density at radius 1 is 1.14 bits per heavy atom. The van der Waals surface area contributed by atoms with Crippen LogP contribution in [-0.2, 0) is 9.53 Å². The fourth-order valence-electron chi connectivity index (χ4n) is 1.25. The van der Waals surface area contributed by atoms with E-state index in [1.165, 1.54) is 0 Å². The van der Waals surface area contributed by atoms with Crippen LogP contribution in [0.25, 0.3) is 0 Å². The van der Waals surface area contributed by atoms with E-state index in [1.54, 1.807) is 6.20 Å². The lowest BCUT2D eigenvalue weighted by Gasteiger charge is -2.04. The Kier molecular flexibility index (Phi) is 3.17. The Hall–Kier alpha value is -1.45. The first kappa shape index (κ1) is 10.6. The molecule has 0 spiro atoms. The Balaban J connectivity index is 2.74. The van der Waals surface area contributed by atoms with E-state index in [2.05, 4.69) is 0 Å². The Morgan fingerprint density at radius 3 is 2.21 bits per heavy atom. The molecule has 1 saturated heterocycles. The maximum Gasteiger partial charge on any atom is 0.341 e. The predicted octanol–water partition coefficient (Wildman–Crippen LogP) is 0.782. The highest BCUT2D eigenvalue weighted by molar-refractivity contribution is 5.92. The quantitative estimate of drug-likeness (QED) is 0.482. The van der Waals surface area contributed by atoms with Crippen LogP contribution in [0.5, 0.6) is 0 Å². The Morgan fingerprint density at radius 2 is 1.71 bits per heavy atom. The number of hydrogen-bond acceptors (Lipinski definition) is 4. The molecule has 0 aromatic rings. The summed E-state index contributed by atoms with van der Waals surface area (Å²) in [6.07, 6.45) is 4.18. The summed E-state index contributed by atoms with van der Waals surface area (Å²) in [5, 5.41) is 0. The van der Waals surface area contributed by atoms with Gasteiger partial charge in [-0.15, -0.1) is 0 Å². The molecule has 0 bridgehead atoms. The van der Waals surface area contributed by atoms with E-state index in [1.807, 2.05) is 44.2 Å². The third-order valence-corrected chi connectivity index (χ3v) is 1.67. The minimum absolute atomic E-state index is 0.244. The zero-order chi connectivity index (χ0) is 10.7. The number of ether oxygens (including phenoxy) is 1. The molecule has 0 amide bonds. The third-order valence-electron chi connectivity index (χ3n) is 1.67. The van der Waals surface area contributed by atoms with E-state index in [0.717, 1.165) is 0 Å². The van der Waals surface area contributed by atoms with Crippen molar-refractivity contribution in [3.8, 4) is 0 Å². The van der Waals surface area contributed by atoms with Gasteiger partial charge in [0.05, 0.1) is 5.57 Å². The maximum atomic E-state index is 11.3. The monoisotopic (exact) mass is 196 g/mol. The molecular weight excluding hydrogens is 180 g/mol. The van der Waals surface area contributed by atoms with Gasteiger partial charge >= 0.3 is 5.97 Å². The molecule has 0 atom stereocenters. The van der Waals surface area contributed by atoms with Gasteiger partial charge in [0, 0.05) is 47.0 Å². The zero-order valence-corrected chi connectivity index (χ0v) is 9.07. The van der Waals surface area contributed by atoms with Crippen LogP contribution in [0.3, 0.4) is 0 Å². The van der Waals surface area contributed by atoms with Gasteiger partial charge in [-0.2, -0.15) is 0 Å². The molecule has 1 rings (SSSR count). The summed E-state index contributed by atoms with van der Waals surface area (Å²) in [5.74, 6) is 0.458. The topological polar surface area (TPSA) is 32.8 Å². The normalized spacial score (nSPS) is 21.6. The fraction of sp³-hybridized carbons (Fsp3) is 0.500. The second-order valence-electron chi connectivity index (χ2n) is 3.74. The van der Waals surface area contributed by atoms with Gasteiger partial charge in [-0.1, -0.05) is 0 Å². The van der Waals surface area contributed by atoms with Gasteiger partial charge in [0.25, 0.3) is 0 Å². The minimum atomic E-state index is -0.244. The molecule has 1 heterocycles. The number of carbonyl (C=O) groups is 1. The number of cyclic esters (lactones) is 1. The van der Waals surface area contributed by atoms with Gasteiger partial charge < -0.3 is 14.5 Å². The predicted molar refractivity (Wildman–Crippen MR) is 54.2 cm³/mol. The molecule has 4 heteroatoms. The molecule has 0 aliphatic carbocycles. The number of esters is 1. The first-order valence-electron chi connectivity index (χ1n) is 4.45. The molecule has 14 heavy (non-hydrogen) atoms. The van der Waals surface area contributed by atoms with Crippen LogP contribution in [0.1, 0.15) is 6.42 Å². The third kappa shape index (κ3) is 2.80. The molecule has 0 unspecified atom stereocenters. The van der Waals surface area contributed by atoms with Gasteiger partial charge in [0.15, 0.2) is 0 Å². The smallest absolute Gasteiger partial charge is 0.341 e. The molecule has 0 N–H and O–H groups in total. The zero-order valence-electron chi connectivity index (χ0n) is 9.07. The van der Waals surface area contributed by atoms with Crippen molar-refractivity contribution in [1.82, 2.24) is 9.80 Å². The lowest BCUT2D eigenvalue weighted by molar-refractivity contribution is -0.132. The summed E-state index contributed by atoms with van der Waals surface area (Å²) in [7, 11) is 7.56. The molecule has 1 aliphatic rings. The van der Waals surface area contributed by atoms with E-state index in [-0.39, 0.29) is 5.97 Å². The van der Waals surface area contributed by atoms with E-state index < -0.39 is 0 Å². The van der Waals surface area contributed by atoms with Crippen LogP contribution < -0.4 is 0 Å². The summed E-state index contributed by atoms with van der Waals surface area (Å²) < 4.78 is 5.07. The summed E-state index contributed by atoms with van der Waals surface area (Å²) in [4.78, 5) is 15.0. The van der Waals surface area contributed by atoms with Crippen LogP contribution in [0.4, 0.5) is 0 Å². The van der Waals surface area contributed by atoms with Crippen molar-refractivity contribution < 1.29 is 9.53 Å². The molecule has 1 aliphatic heterocycles. The highest BCUT2D eigenvalue weighted by atomic mass is 16.5. The van der Waals surface area contributed by atoms with E-state index in [4.69, 9.17) is 4.74 Å². The largest absolute Gasteiger partial charge is 0.426 e. The molecule has 0 radical (unpaired) electrons. The molecule has 1 fully saturated rings. The standard InChI is InChI=1S/C10H16N2O2/c1-11(2)6-8-5-9(7-12(3)4)14-10(8)13/h6-7H,5H2,1-4H3. The molecule has 0 aromatic carbocycles. The molecule has 0 saturated carbocycles. The van der Waals surface area contributed by atoms with Gasteiger partial charge in [-0.05, 0) is 0 Å². The van der Waals surface area contributed by atoms with E-state index in [9.17, 15) is 4.79 Å². The summed E-state index contributed by atoms with van der Waals surface area (Å²) in [6.45, 7) is 0. The second-order valence-corrected chi connectivity index (χ2v) is 3.74. The van der Waals surface area contributed by atoms with Crippen molar-refractivity contribution in [3.63, 3.8) is 0 Å². The van der Waals surface area contributed by atoms with E-state index in [0.29, 0.717) is 17.8 Å². The number of carbonyl (C=O) groups excluding carboxylic acids is 1. The van der Waals surface area contributed by atoms with Crippen LogP contribution in [0.15, 0.2) is 23.7 Å². The van der Waals surface area contributed by atoms with Crippen molar-refractivity contribution in [1.29, 1.82) is 0 Å². The molecule has 0 aromatic heterocycles. The number of hydrogen-bond donors (Lipinski definition) is 0. The summed E-state index contributed by atoms with van der Waals surface area (Å²) in [5.41, 5.74) is 0.697. The summed E-state index contributed by atoms with van der Waals surface area (Å²) >= 11 is 0. The highest BCUT2D eigenvalue weighted by Crippen LogP contribution is 2.23. The van der Waals surface area contributed by atoms with Crippen molar-refractivity contribution in [2.75, 3.05) is 28.2 Å². The van der Waals surface area contributed by atoms with Gasteiger partial charge in [-0.25, -0.2) is 4.79 Å². The molecule has 4 nitrogen and oxygen atoms in total. The van der Waals surface area contributed by atoms with Crippen LogP contribution >= 0.6 is 0 Å². The minimum Gasteiger partial charge on any atom is -0.426 e. The number of rotatable bonds is 2. The van der Waals surface area contributed by atoms with Gasteiger partial charge in [0.1, 0.15) is 5.76 Å². The van der Waals surface area contributed by atoms with Crippen molar-refractivity contribution in [3.05, 3.63) is 23.7 Å². The average molecular weight is 196 g/mol. The molecular formula is C10H16N2O2. The molecule has 78 valence electrons.